The molecule has 0 radical (unpaired) electrons. The van der Waals surface area contributed by atoms with Crippen LogP contribution in [0.3, 0.4) is 0 Å². The van der Waals surface area contributed by atoms with Crippen molar-refractivity contribution in [2.75, 3.05) is 20.8 Å². The summed E-state index contributed by atoms with van der Waals surface area (Å²) < 4.78 is 4.93. The van der Waals surface area contributed by atoms with E-state index in [9.17, 15) is 4.79 Å². The van der Waals surface area contributed by atoms with Crippen molar-refractivity contribution >= 4 is 5.91 Å². The van der Waals surface area contributed by atoms with Crippen LogP contribution in [0, 0.1) is 13.8 Å². The molecule has 0 saturated heterocycles. The first-order chi connectivity index (χ1) is 8.88. The van der Waals surface area contributed by atoms with E-state index in [1.54, 1.807) is 19.1 Å². The van der Waals surface area contributed by atoms with Crippen LogP contribution in [-0.4, -0.2) is 37.6 Å². The van der Waals surface area contributed by atoms with Gasteiger partial charge in [-0.05, 0) is 31.9 Å². The van der Waals surface area contributed by atoms with Crippen LogP contribution in [0.1, 0.15) is 29.7 Å². The topological polar surface area (TPSA) is 55.6 Å². The van der Waals surface area contributed by atoms with Crippen LogP contribution < -0.4 is 5.73 Å². The lowest BCUT2D eigenvalue weighted by Crippen LogP contribution is -2.45. The largest absolute Gasteiger partial charge is 0.383 e. The van der Waals surface area contributed by atoms with E-state index in [1.807, 2.05) is 6.92 Å². The van der Waals surface area contributed by atoms with Crippen LogP contribution >= 0.6 is 0 Å². The van der Waals surface area contributed by atoms with E-state index >= 15 is 0 Å². The molecule has 0 aliphatic rings. The summed E-state index contributed by atoms with van der Waals surface area (Å²) in [5.74, 6) is -0.102. The lowest BCUT2D eigenvalue weighted by molar-refractivity contribution is -0.134. The highest BCUT2D eigenvalue weighted by Crippen LogP contribution is 2.23. The molecule has 0 aliphatic heterocycles. The monoisotopic (exact) mass is 264 g/mol. The van der Waals surface area contributed by atoms with Crippen molar-refractivity contribution in [2.45, 2.75) is 32.9 Å². The number of hydrogen-bond acceptors (Lipinski definition) is 3. The molecule has 1 aromatic carbocycles. The molecule has 0 saturated carbocycles. The second-order valence-corrected chi connectivity index (χ2v) is 5.05. The third-order valence-corrected chi connectivity index (χ3v) is 3.47. The first-order valence-electron chi connectivity index (χ1n) is 6.46. The van der Waals surface area contributed by atoms with Gasteiger partial charge < -0.3 is 15.4 Å². The molecule has 106 valence electrons. The van der Waals surface area contributed by atoms with E-state index in [4.69, 9.17) is 10.5 Å². The smallest absolute Gasteiger partial charge is 0.242 e. The third-order valence-electron chi connectivity index (χ3n) is 3.47. The molecule has 0 aromatic heterocycles. The van der Waals surface area contributed by atoms with Gasteiger partial charge in [0, 0.05) is 14.2 Å². The number of rotatable bonds is 5. The molecule has 2 unspecified atom stereocenters. The highest BCUT2D eigenvalue weighted by atomic mass is 16.5. The van der Waals surface area contributed by atoms with Crippen LogP contribution in [0.5, 0.6) is 0 Å². The van der Waals surface area contributed by atoms with Crippen molar-refractivity contribution in [1.29, 1.82) is 0 Å². The zero-order chi connectivity index (χ0) is 14.6. The van der Waals surface area contributed by atoms with E-state index in [-0.39, 0.29) is 18.6 Å². The maximum absolute atomic E-state index is 12.1. The minimum Gasteiger partial charge on any atom is -0.383 e. The maximum atomic E-state index is 12.1. The van der Waals surface area contributed by atoms with E-state index < -0.39 is 6.04 Å². The number of benzene rings is 1. The Labute approximate surface area is 115 Å². The van der Waals surface area contributed by atoms with Gasteiger partial charge >= 0.3 is 0 Å². The van der Waals surface area contributed by atoms with E-state index in [0.29, 0.717) is 0 Å². The van der Waals surface area contributed by atoms with Gasteiger partial charge in [-0.2, -0.15) is 0 Å². The number of hydrogen-bond donors (Lipinski definition) is 1. The molecular formula is C15H24N2O2. The van der Waals surface area contributed by atoms with Crippen LogP contribution in [-0.2, 0) is 9.53 Å². The molecule has 1 rings (SSSR count). The molecule has 1 amide bonds. The minimum absolute atomic E-state index is 0.00370. The Kier molecular flexibility index (Phi) is 5.51. The summed E-state index contributed by atoms with van der Waals surface area (Å²) in [6.07, 6.45) is 0. The number of nitrogens with zero attached hydrogens (tertiary/aromatic N) is 1. The Morgan fingerprint density at radius 1 is 1.42 bits per heavy atom. The first kappa shape index (κ1) is 15.7. The van der Waals surface area contributed by atoms with Gasteiger partial charge in [-0.3, -0.25) is 4.79 Å². The number of nitrogens with two attached hydrogens (primary N) is 1. The number of aryl methyl sites for hydroxylation is 2. The van der Waals surface area contributed by atoms with Crippen molar-refractivity contribution in [1.82, 2.24) is 4.90 Å². The number of methoxy groups -OCH3 is 1. The van der Waals surface area contributed by atoms with Crippen molar-refractivity contribution in [2.24, 2.45) is 5.73 Å². The van der Waals surface area contributed by atoms with Gasteiger partial charge in [-0.25, -0.2) is 0 Å². The predicted molar refractivity (Wildman–Crippen MR) is 77.0 cm³/mol. The summed E-state index contributed by atoms with van der Waals surface area (Å²) in [4.78, 5) is 13.8. The highest BCUT2D eigenvalue weighted by Gasteiger charge is 2.23. The minimum atomic E-state index is -0.608. The standard InChI is InChI=1S/C15H24N2O2/c1-10-6-7-13(11(2)8-10)12(3)17(4)15(18)14(16)9-19-5/h6-8,12,14H,9,16H2,1-5H3. The molecule has 4 nitrogen and oxygen atoms in total. The molecule has 0 bridgehead atoms. The van der Waals surface area contributed by atoms with Crippen molar-refractivity contribution in [3.63, 3.8) is 0 Å². The van der Waals surface area contributed by atoms with E-state index in [0.717, 1.165) is 5.56 Å². The van der Waals surface area contributed by atoms with Crippen molar-refractivity contribution in [3.8, 4) is 0 Å². The molecule has 0 aliphatic carbocycles. The molecule has 0 heterocycles. The van der Waals surface area contributed by atoms with Crippen molar-refractivity contribution in [3.05, 3.63) is 34.9 Å². The molecule has 4 heteroatoms. The zero-order valence-electron chi connectivity index (χ0n) is 12.4. The van der Waals surface area contributed by atoms with Gasteiger partial charge in [-0.15, -0.1) is 0 Å². The van der Waals surface area contributed by atoms with Crippen LogP contribution in [0.4, 0.5) is 0 Å². The summed E-state index contributed by atoms with van der Waals surface area (Å²) in [7, 11) is 3.32. The highest BCUT2D eigenvalue weighted by molar-refractivity contribution is 5.82. The summed E-state index contributed by atoms with van der Waals surface area (Å²) >= 11 is 0. The molecule has 0 spiro atoms. The maximum Gasteiger partial charge on any atom is 0.242 e. The second-order valence-electron chi connectivity index (χ2n) is 5.05. The Balaban J connectivity index is 2.87. The summed E-state index contributed by atoms with van der Waals surface area (Å²) in [5, 5.41) is 0. The Morgan fingerprint density at radius 2 is 2.05 bits per heavy atom. The number of carbonyl (C=O) groups is 1. The number of likely N-dealkylation sites (N-methyl/N-ethyl adjacent to an activating group) is 1. The molecule has 19 heavy (non-hydrogen) atoms. The van der Waals surface area contributed by atoms with Crippen LogP contribution in [0.25, 0.3) is 0 Å². The lowest BCUT2D eigenvalue weighted by Gasteiger charge is -2.28. The average Bonchev–Trinajstić information content (AvgIpc) is 2.36. The number of ether oxygens (including phenoxy) is 1. The molecular weight excluding hydrogens is 240 g/mol. The van der Waals surface area contributed by atoms with Gasteiger partial charge in [0.05, 0.1) is 12.6 Å². The Morgan fingerprint density at radius 3 is 2.58 bits per heavy atom. The Bertz CT molecular complexity index is 446. The Hall–Kier alpha value is -1.39. The van der Waals surface area contributed by atoms with E-state index in [1.165, 1.54) is 11.1 Å². The number of carbonyl (C=O) groups excluding carboxylic acids is 1. The van der Waals surface area contributed by atoms with Gasteiger partial charge in [0.1, 0.15) is 6.04 Å². The third kappa shape index (κ3) is 3.78. The summed E-state index contributed by atoms with van der Waals surface area (Å²) in [5.41, 5.74) is 9.34. The lowest BCUT2D eigenvalue weighted by atomic mass is 9.99. The zero-order valence-corrected chi connectivity index (χ0v) is 12.4. The fourth-order valence-electron chi connectivity index (χ4n) is 2.21. The fraction of sp³-hybridized carbons (Fsp3) is 0.533. The normalized spacial score (nSPS) is 14.0. The quantitative estimate of drug-likeness (QED) is 0.882. The van der Waals surface area contributed by atoms with Crippen molar-refractivity contribution < 1.29 is 9.53 Å². The van der Waals surface area contributed by atoms with Crippen LogP contribution in [0.15, 0.2) is 18.2 Å². The molecule has 2 atom stereocenters. The van der Waals surface area contributed by atoms with Gasteiger partial charge in [0.25, 0.3) is 0 Å². The van der Waals surface area contributed by atoms with Gasteiger partial charge in [-0.1, -0.05) is 23.8 Å². The molecule has 0 fully saturated rings. The summed E-state index contributed by atoms with van der Waals surface area (Å²) in [6, 6.07) is 5.64. The second kappa shape index (κ2) is 6.68. The molecule has 1 aromatic rings. The predicted octanol–water partition coefficient (Wildman–Crippen LogP) is 1.80. The molecule has 2 N–H and O–H groups in total. The summed E-state index contributed by atoms with van der Waals surface area (Å²) in [6.45, 7) is 6.37. The fourth-order valence-corrected chi connectivity index (χ4v) is 2.21. The van der Waals surface area contributed by atoms with Gasteiger partial charge in [0.15, 0.2) is 0 Å². The first-order valence-corrected chi connectivity index (χ1v) is 6.46. The van der Waals surface area contributed by atoms with E-state index in [2.05, 4.69) is 32.0 Å². The average molecular weight is 264 g/mol. The number of amides is 1. The SMILES string of the molecule is COCC(N)C(=O)N(C)C(C)c1ccc(C)cc1C. The van der Waals surface area contributed by atoms with Crippen LogP contribution in [0.2, 0.25) is 0 Å². The van der Waals surface area contributed by atoms with Gasteiger partial charge in [0.2, 0.25) is 5.91 Å².